The average molecular weight is 407 g/mol. The summed E-state index contributed by atoms with van der Waals surface area (Å²) in [7, 11) is 1.73. The van der Waals surface area contributed by atoms with Gasteiger partial charge in [-0.3, -0.25) is 0 Å². The van der Waals surface area contributed by atoms with Crippen LogP contribution in [0.5, 0.6) is 5.75 Å². The smallest absolute Gasteiger partial charge is 0.414 e. The molecule has 3 aromatic carbocycles. The van der Waals surface area contributed by atoms with E-state index in [9.17, 15) is 0 Å². The Hall–Kier alpha value is -3.38. The Morgan fingerprint density at radius 1 is 0.967 bits per heavy atom. The van der Waals surface area contributed by atoms with Crippen molar-refractivity contribution in [3.63, 3.8) is 0 Å². The van der Waals surface area contributed by atoms with Gasteiger partial charge in [-0.15, -0.1) is 0 Å². The Kier molecular flexibility index (Phi) is 7.03. The summed E-state index contributed by atoms with van der Waals surface area (Å²) in [4.78, 5) is 18.2. The lowest BCUT2D eigenvalue weighted by Crippen LogP contribution is -2.24. The minimum atomic E-state index is -1.82. The van der Waals surface area contributed by atoms with Gasteiger partial charge in [-0.1, -0.05) is 54.6 Å². The third-order valence-corrected chi connectivity index (χ3v) is 5.29. The number of carboxylic acids is 2. The molecule has 1 atom stereocenters. The number of fused-ring (bicyclic) bond motifs is 2. The highest BCUT2D eigenvalue weighted by Gasteiger charge is 2.19. The minimum Gasteiger partial charge on any atom is -0.496 e. The maximum atomic E-state index is 9.10. The van der Waals surface area contributed by atoms with Crippen LogP contribution in [0, 0.1) is 0 Å². The minimum absolute atomic E-state index is 0.454. The van der Waals surface area contributed by atoms with Crippen molar-refractivity contribution in [2.45, 2.75) is 31.8 Å². The van der Waals surface area contributed by atoms with Gasteiger partial charge < -0.3 is 20.3 Å². The number of hydrogen-bond acceptors (Lipinski definition) is 4. The molecule has 0 spiro atoms. The predicted molar refractivity (Wildman–Crippen MR) is 115 cm³/mol. The number of ether oxygens (including phenoxy) is 1. The van der Waals surface area contributed by atoms with Crippen molar-refractivity contribution in [3.05, 3.63) is 77.4 Å². The summed E-state index contributed by atoms with van der Waals surface area (Å²) < 4.78 is 5.50. The molecule has 0 amide bonds. The van der Waals surface area contributed by atoms with E-state index in [2.05, 4.69) is 66.0 Å². The summed E-state index contributed by atoms with van der Waals surface area (Å²) in [6.45, 7) is 0.878. The molecule has 0 saturated carbocycles. The molecule has 0 radical (unpaired) electrons. The third kappa shape index (κ3) is 4.96. The normalized spacial score (nSPS) is 14.9. The lowest BCUT2D eigenvalue weighted by atomic mass is 9.87. The van der Waals surface area contributed by atoms with Crippen molar-refractivity contribution < 1.29 is 24.5 Å². The van der Waals surface area contributed by atoms with Crippen molar-refractivity contribution in [2.24, 2.45) is 0 Å². The van der Waals surface area contributed by atoms with Gasteiger partial charge in [0, 0.05) is 18.0 Å². The van der Waals surface area contributed by atoms with Crippen molar-refractivity contribution >= 4 is 22.7 Å². The Morgan fingerprint density at radius 3 is 2.33 bits per heavy atom. The quantitative estimate of drug-likeness (QED) is 0.562. The second-order valence-corrected chi connectivity index (χ2v) is 7.11. The second kappa shape index (κ2) is 9.89. The van der Waals surface area contributed by atoms with E-state index in [1.54, 1.807) is 7.11 Å². The van der Waals surface area contributed by atoms with Crippen molar-refractivity contribution in [1.29, 1.82) is 0 Å². The standard InChI is InChI=1S/C22H23NO.C2H2O4/c1-24-22-14-13-17(18-9-4-5-11-20(18)22)15-23-21-12-6-8-16-7-2-3-10-19(16)21;3-1(4)2(5)6/h2-5,7,9-11,13-14,21,23H,6,8,12,15H2,1H3;(H,3,4)(H,5,6). The van der Waals surface area contributed by atoms with Gasteiger partial charge in [0.1, 0.15) is 5.75 Å². The lowest BCUT2D eigenvalue weighted by molar-refractivity contribution is -0.159. The SMILES string of the molecule is COc1ccc(CNC2CCCc3ccccc32)c2ccccc12.O=C(O)C(=O)O. The average Bonchev–Trinajstić information content (AvgIpc) is 2.77. The first-order valence-electron chi connectivity index (χ1n) is 9.83. The lowest BCUT2D eigenvalue weighted by Gasteiger charge is -2.26. The van der Waals surface area contributed by atoms with Crippen molar-refractivity contribution in [2.75, 3.05) is 7.11 Å². The van der Waals surface area contributed by atoms with Gasteiger partial charge in [-0.2, -0.15) is 0 Å². The first-order valence-corrected chi connectivity index (χ1v) is 9.83. The van der Waals surface area contributed by atoms with Gasteiger partial charge in [-0.25, -0.2) is 9.59 Å². The molecular formula is C24H25NO5. The number of hydrogen-bond donors (Lipinski definition) is 3. The maximum Gasteiger partial charge on any atom is 0.414 e. The zero-order valence-corrected chi connectivity index (χ0v) is 16.8. The summed E-state index contributed by atoms with van der Waals surface area (Å²) >= 11 is 0. The van der Waals surface area contributed by atoms with Crippen molar-refractivity contribution in [3.8, 4) is 5.75 Å². The molecule has 1 unspecified atom stereocenters. The molecule has 0 bridgehead atoms. The highest BCUT2D eigenvalue weighted by atomic mass is 16.5. The van der Waals surface area contributed by atoms with E-state index in [1.807, 2.05) is 0 Å². The summed E-state index contributed by atoms with van der Waals surface area (Å²) in [6.07, 6.45) is 3.68. The summed E-state index contributed by atoms with van der Waals surface area (Å²) in [5.41, 5.74) is 4.30. The number of aliphatic carboxylic acids is 2. The van der Waals surface area contributed by atoms with Crippen LogP contribution in [0.1, 0.15) is 35.6 Å². The van der Waals surface area contributed by atoms with Crippen LogP contribution in [0.2, 0.25) is 0 Å². The topological polar surface area (TPSA) is 95.9 Å². The van der Waals surface area contributed by atoms with E-state index in [1.165, 1.54) is 46.7 Å². The Bertz CT molecular complexity index is 1030. The summed E-state index contributed by atoms with van der Waals surface area (Å²) in [6, 6.07) is 22.1. The Balaban J connectivity index is 0.000000377. The Labute approximate surface area is 175 Å². The molecular weight excluding hydrogens is 382 g/mol. The molecule has 1 aliphatic rings. The van der Waals surface area contributed by atoms with E-state index in [0.717, 1.165) is 12.3 Å². The van der Waals surface area contributed by atoms with Gasteiger partial charge in [0.05, 0.1) is 7.11 Å². The van der Waals surface area contributed by atoms with Crippen LogP contribution in [-0.4, -0.2) is 29.3 Å². The number of nitrogens with one attached hydrogen (secondary N) is 1. The summed E-state index contributed by atoms with van der Waals surface area (Å²) in [5.74, 6) is -2.71. The van der Waals surface area contributed by atoms with Crippen LogP contribution in [0.15, 0.2) is 60.7 Å². The van der Waals surface area contributed by atoms with Crippen LogP contribution >= 0.6 is 0 Å². The fraction of sp³-hybridized carbons (Fsp3) is 0.250. The van der Waals surface area contributed by atoms with Crippen molar-refractivity contribution in [1.82, 2.24) is 5.32 Å². The number of carboxylic acid groups (broad SMARTS) is 2. The predicted octanol–water partition coefficient (Wildman–Crippen LogP) is 4.17. The molecule has 0 heterocycles. The highest BCUT2D eigenvalue weighted by Crippen LogP contribution is 2.31. The molecule has 0 fully saturated rings. The van der Waals surface area contributed by atoms with E-state index >= 15 is 0 Å². The van der Waals surface area contributed by atoms with Gasteiger partial charge in [0.15, 0.2) is 0 Å². The highest BCUT2D eigenvalue weighted by molar-refractivity contribution is 6.27. The fourth-order valence-corrected chi connectivity index (χ4v) is 3.87. The molecule has 6 heteroatoms. The second-order valence-electron chi connectivity index (χ2n) is 7.11. The number of methoxy groups -OCH3 is 1. The van der Waals surface area contributed by atoms with Crippen LogP contribution in [0.25, 0.3) is 10.8 Å². The fourth-order valence-electron chi connectivity index (χ4n) is 3.87. The van der Waals surface area contributed by atoms with Crippen LogP contribution in [0.4, 0.5) is 0 Å². The van der Waals surface area contributed by atoms with Crippen LogP contribution < -0.4 is 10.1 Å². The van der Waals surface area contributed by atoms with Gasteiger partial charge in [0.25, 0.3) is 0 Å². The number of aryl methyl sites for hydroxylation is 1. The van der Waals surface area contributed by atoms with E-state index in [-0.39, 0.29) is 0 Å². The van der Waals surface area contributed by atoms with E-state index in [0.29, 0.717) is 6.04 Å². The van der Waals surface area contributed by atoms with Gasteiger partial charge in [-0.05, 0) is 47.4 Å². The van der Waals surface area contributed by atoms with Crippen LogP contribution in [-0.2, 0) is 22.6 Å². The number of benzene rings is 3. The first kappa shape index (κ1) is 21.3. The molecule has 0 aliphatic heterocycles. The summed E-state index contributed by atoms with van der Waals surface area (Å²) in [5, 5.41) is 21.0. The van der Waals surface area contributed by atoms with Crippen LogP contribution in [0.3, 0.4) is 0 Å². The molecule has 156 valence electrons. The van der Waals surface area contributed by atoms with Gasteiger partial charge in [0.2, 0.25) is 0 Å². The van der Waals surface area contributed by atoms with E-state index < -0.39 is 11.9 Å². The molecule has 30 heavy (non-hydrogen) atoms. The molecule has 4 rings (SSSR count). The molecule has 3 N–H and O–H groups in total. The molecule has 0 saturated heterocycles. The molecule has 6 nitrogen and oxygen atoms in total. The number of rotatable bonds is 4. The van der Waals surface area contributed by atoms with E-state index in [4.69, 9.17) is 24.5 Å². The maximum absolute atomic E-state index is 9.10. The number of carbonyl (C=O) groups is 2. The first-order chi connectivity index (χ1) is 14.5. The largest absolute Gasteiger partial charge is 0.496 e. The zero-order chi connectivity index (χ0) is 21.5. The Morgan fingerprint density at radius 2 is 1.63 bits per heavy atom. The third-order valence-electron chi connectivity index (χ3n) is 5.29. The molecule has 0 aromatic heterocycles. The zero-order valence-electron chi connectivity index (χ0n) is 16.8. The molecule has 1 aliphatic carbocycles. The van der Waals surface area contributed by atoms with Gasteiger partial charge >= 0.3 is 11.9 Å². The molecule has 3 aromatic rings. The monoisotopic (exact) mass is 407 g/mol.